The summed E-state index contributed by atoms with van der Waals surface area (Å²) >= 11 is 0. The predicted molar refractivity (Wildman–Crippen MR) is 62.6 cm³/mol. The highest BCUT2D eigenvalue weighted by molar-refractivity contribution is 5.76. The lowest BCUT2D eigenvalue weighted by molar-refractivity contribution is -0.670. The number of aromatic nitrogens is 2. The summed E-state index contributed by atoms with van der Waals surface area (Å²) in [5, 5.41) is 0. The van der Waals surface area contributed by atoms with E-state index in [4.69, 9.17) is 4.74 Å². The number of carbonyl (C=O) groups is 1. The van der Waals surface area contributed by atoms with Crippen molar-refractivity contribution in [1.82, 2.24) is 9.47 Å². The van der Waals surface area contributed by atoms with Crippen LogP contribution in [0.4, 0.5) is 4.79 Å². The van der Waals surface area contributed by atoms with E-state index in [2.05, 4.69) is 0 Å². The van der Waals surface area contributed by atoms with Gasteiger partial charge in [-0.05, 0) is 18.8 Å². The molecule has 0 N–H and O–H groups in total. The van der Waals surface area contributed by atoms with E-state index in [0.29, 0.717) is 5.92 Å². The third-order valence-electron chi connectivity index (χ3n) is 3.19. The van der Waals surface area contributed by atoms with Crippen molar-refractivity contribution >= 4 is 6.03 Å². The van der Waals surface area contributed by atoms with Crippen molar-refractivity contribution in [3.05, 3.63) is 18.7 Å². The van der Waals surface area contributed by atoms with Crippen molar-refractivity contribution in [1.29, 1.82) is 0 Å². The molecule has 17 heavy (non-hydrogen) atoms. The Morgan fingerprint density at radius 1 is 1.53 bits per heavy atom. The Bertz CT molecular complexity index is 383. The van der Waals surface area contributed by atoms with Crippen molar-refractivity contribution < 1.29 is 14.1 Å². The molecule has 0 bridgehead atoms. The third-order valence-corrected chi connectivity index (χ3v) is 3.19. The Labute approximate surface area is 102 Å². The Hall–Kier alpha value is -1.36. The van der Waals surface area contributed by atoms with Crippen LogP contribution in [0.5, 0.6) is 0 Å². The van der Waals surface area contributed by atoms with E-state index < -0.39 is 0 Å². The van der Waals surface area contributed by atoms with Gasteiger partial charge in [-0.15, -0.1) is 0 Å². The van der Waals surface area contributed by atoms with Gasteiger partial charge in [-0.1, -0.05) is 0 Å². The van der Waals surface area contributed by atoms with Crippen LogP contribution in [0.1, 0.15) is 12.8 Å². The van der Waals surface area contributed by atoms with E-state index in [1.807, 2.05) is 24.9 Å². The third kappa shape index (κ3) is 3.06. The van der Waals surface area contributed by atoms with E-state index in [-0.39, 0.29) is 6.03 Å². The summed E-state index contributed by atoms with van der Waals surface area (Å²) in [5.74, 6) is 0.571. The highest BCUT2D eigenvalue weighted by atomic mass is 16.5. The van der Waals surface area contributed by atoms with Gasteiger partial charge in [-0.2, -0.15) is 4.57 Å². The highest BCUT2D eigenvalue weighted by Gasteiger charge is 2.22. The second-order valence-corrected chi connectivity index (χ2v) is 4.71. The fourth-order valence-electron chi connectivity index (χ4n) is 2.15. The minimum Gasteiger partial charge on any atom is -0.381 e. The molecule has 0 radical (unpaired) electrons. The Kier molecular flexibility index (Phi) is 3.78. The van der Waals surface area contributed by atoms with Crippen molar-refractivity contribution in [2.75, 3.05) is 26.8 Å². The van der Waals surface area contributed by atoms with Crippen molar-refractivity contribution in [3.63, 3.8) is 0 Å². The van der Waals surface area contributed by atoms with Crippen LogP contribution >= 0.6 is 0 Å². The zero-order valence-electron chi connectivity index (χ0n) is 10.5. The van der Waals surface area contributed by atoms with Crippen LogP contribution in [-0.4, -0.2) is 42.3 Å². The zero-order valence-corrected chi connectivity index (χ0v) is 10.5. The number of rotatable bonds is 2. The zero-order chi connectivity index (χ0) is 12.3. The van der Waals surface area contributed by atoms with Crippen LogP contribution in [0.25, 0.3) is 0 Å². The molecule has 2 heterocycles. The SMILES string of the molecule is CN(CC1CCOCC1)C(=O)n1cc[n+](C)c1. The number of nitrogens with zero attached hydrogens (tertiary/aromatic N) is 3. The van der Waals surface area contributed by atoms with Crippen molar-refractivity contribution in [2.24, 2.45) is 13.0 Å². The summed E-state index contributed by atoms with van der Waals surface area (Å²) in [4.78, 5) is 13.9. The van der Waals surface area contributed by atoms with Gasteiger partial charge in [-0.3, -0.25) is 0 Å². The number of amides is 1. The van der Waals surface area contributed by atoms with E-state index in [9.17, 15) is 4.79 Å². The molecule has 1 aromatic heterocycles. The summed E-state index contributed by atoms with van der Waals surface area (Å²) in [6.45, 7) is 2.46. The molecule has 1 aliphatic heterocycles. The first-order valence-corrected chi connectivity index (χ1v) is 6.03. The lowest BCUT2D eigenvalue weighted by Crippen LogP contribution is -2.37. The summed E-state index contributed by atoms with van der Waals surface area (Å²) in [7, 11) is 3.76. The van der Waals surface area contributed by atoms with E-state index >= 15 is 0 Å². The number of hydrogen-bond acceptors (Lipinski definition) is 2. The van der Waals surface area contributed by atoms with E-state index in [0.717, 1.165) is 32.6 Å². The van der Waals surface area contributed by atoms with Gasteiger partial charge in [0.25, 0.3) is 6.33 Å². The predicted octanol–water partition coefficient (Wildman–Crippen LogP) is 0.639. The first-order chi connectivity index (χ1) is 8.16. The molecular formula is C12H20N3O2+. The number of carbonyl (C=O) groups excluding carboxylic acids is 1. The fourth-order valence-corrected chi connectivity index (χ4v) is 2.15. The highest BCUT2D eigenvalue weighted by Crippen LogP contribution is 2.15. The van der Waals surface area contributed by atoms with Gasteiger partial charge in [0, 0.05) is 26.8 Å². The molecule has 94 valence electrons. The second kappa shape index (κ2) is 5.31. The standard InChI is InChI=1S/C12H20N3O2/c1-13-5-6-15(10-13)12(16)14(2)9-11-3-7-17-8-4-11/h5-6,10-11H,3-4,7-9H2,1-2H3/q+1. The molecule has 1 aliphatic rings. The summed E-state index contributed by atoms with van der Waals surface area (Å²) in [6, 6.07) is 0.0251. The lowest BCUT2D eigenvalue weighted by Gasteiger charge is -2.25. The molecule has 1 amide bonds. The first kappa shape index (κ1) is 12.1. The van der Waals surface area contributed by atoms with Crippen molar-refractivity contribution in [2.45, 2.75) is 12.8 Å². The van der Waals surface area contributed by atoms with Crippen molar-refractivity contribution in [3.8, 4) is 0 Å². The topological polar surface area (TPSA) is 38.4 Å². The van der Waals surface area contributed by atoms with Gasteiger partial charge in [0.2, 0.25) is 0 Å². The van der Waals surface area contributed by atoms with Gasteiger partial charge < -0.3 is 9.64 Å². The first-order valence-electron chi connectivity index (χ1n) is 6.03. The molecule has 2 rings (SSSR count). The van der Waals surface area contributed by atoms with Crippen LogP contribution in [0, 0.1) is 5.92 Å². The average Bonchev–Trinajstić information content (AvgIpc) is 2.76. The molecule has 0 unspecified atom stereocenters. The fraction of sp³-hybridized carbons (Fsp3) is 0.667. The normalized spacial score (nSPS) is 17.1. The van der Waals surface area contributed by atoms with E-state index in [1.165, 1.54) is 0 Å². The van der Waals surface area contributed by atoms with Crippen LogP contribution in [0.15, 0.2) is 18.7 Å². The van der Waals surface area contributed by atoms with Crippen LogP contribution < -0.4 is 4.57 Å². The molecular weight excluding hydrogens is 218 g/mol. The smallest absolute Gasteiger partial charge is 0.381 e. The molecule has 0 saturated carbocycles. The van der Waals surface area contributed by atoms with Gasteiger partial charge in [-0.25, -0.2) is 9.36 Å². The molecule has 5 nitrogen and oxygen atoms in total. The number of imidazole rings is 1. The minimum absolute atomic E-state index is 0.0251. The number of hydrogen-bond donors (Lipinski definition) is 0. The van der Waals surface area contributed by atoms with Crippen LogP contribution in [0.2, 0.25) is 0 Å². The maximum absolute atomic E-state index is 12.1. The Morgan fingerprint density at radius 3 is 2.82 bits per heavy atom. The van der Waals surface area contributed by atoms with Gasteiger partial charge in [0.15, 0.2) is 0 Å². The van der Waals surface area contributed by atoms with E-state index in [1.54, 1.807) is 22.0 Å². The maximum Gasteiger partial charge on any atom is 0.415 e. The molecule has 0 atom stereocenters. The molecule has 0 aromatic carbocycles. The molecule has 5 heteroatoms. The molecule has 0 aliphatic carbocycles. The monoisotopic (exact) mass is 238 g/mol. The minimum atomic E-state index is 0.0251. The molecule has 0 spiro atoms. The average molecular weight is 238 g/mol. The number of aryl methyl sites for hydroxylation is 1. The Morgan fingerprint density at radius 2 is 2.24 bits per heavy atom. The van der Waals surface area contributed by atoms with Crippen LogP contribution in [-0.2, 0) is 11.8 Å². The molecule has 1 aromatic rings. The molecule has 1 saturated heterocycles. The molecule has 1 fully saturated rings. The quantitative estimate of drug-likeness (QED) is 0.709. The second-order valence-electron chi connectivity index (χ2n) is 4.71. The lowest BCUT2D eigenvalue weighted by atomic mass is 10.0. The Balaban J connectivity index is 1.90. The largest absolute Gasteiger partial charge is 0.415 e. The summed E-state index contributed by atoms with van der Waals surface area (Å²) in [6.07, 6.45) is 7.53. The van der Waals surface area contributed by atoms with Gasteiger partial charge in [0.05, 0.1) is 7.05 Å². The summed E-state index contributed by atoms with van der Waals surface area (Å²) < 4.78 is 8.79. The van der Waals surface area contributed by atoms with Gasteiger partial charge in [0.1, 0.15) is 12.4 Å². The van der Waals surface area contributed by atoms with Gasteiger partial charge >= 0.3 is 6.03 Å². The number of ether oxygens (including phenoxy) is 1. The van der Waals surface area contributed by atoms with Crippen LogP contribution in [0.3, 0.4) is 0 Å². The summed E-state index contributed by atoms with van der Waals surface area (Å²) in [5.41, 5.74) is 0. The maximum atomic E-state index is 12.1.